The fourth-order valence-electron chi connectivity index (χ4n) is 2.49. The monoisotopic (exact) mass is 353 g/mol. The third kappa shape index (κ3) is 3.96. The lowest BCUT2D eigenvalue weighted by atomic mass is 10.0. The average Bonchev–Trinajstić information content (AvgIpc) is 3.22. The summed E-state index contributed by atoms with van der Waals surface area (Å²) in [5.74, 6) is 1.77. The fourth-order valence-corrected chi connectivity index (χ4v) is 2.49. The molecule has 0 bridgehead atoms. The summed E-state index contributed by atoms with van der Waals surface area (Å²) in [4.78, 5) is 12.3. The summed E-state index contributed by atoms with van der Waals surface area (Å²) in [6, 6.07) is 11.4. The van der Waals surface area contributed by atoms with Crippen LogP contribution in [0.4, 0.5) is 5.69 Å². The Morgan fingerprint density at radius 3 is 2.58 bits per heavy atom. The van der Waals surface area contributed by atoms with E-state index >= 15 is 0 Å². The van der Waals surface area contributed by atoms with Gasteiger partial charge in [-0.25, -0.2) is 0 Å². The van der Waals surface area contributed by atoms with Crippen LogP contribution < -0.4 is 10.1 Å². The highest BCUT2D eigenvalue weighted by atomic mass is 16.5. The third-order valence-electron chi connectivity index (χ3n) is 4.30. The molecule has 136 valence electrons. The number of nitrogens with zero attached hydrogens (tertiary/aromatic N) is 2. The number of aryl methyl sites for hydroxylation is 1. The normalized spacial score (nSPS) is 11.0. The number of benzene rings is 1. The van der Waals surface area contributed by atoms with Crippen LogP contribution in [0.25, 0.3) is 0 Å². The molecular weight excluding hydrogens is 330 g/mol. The van der Waals surface area contributed by atoms with Crippen LogP contribution in [0.15, 0.2) is 47.0 Å². The van der Waals surface area contributed by atoms with Gasteiger partial charge in [-0.15, -0.1) is 0 Å². The van der Waals surface area contributed by atoms with Crippen molar-refractivity contribution >= 4 is 11.6 Å². The Bertz CT molecular complexity index is 891. The second-order valence-electron chi connectivity index (χ2n) is 6.50. The molecular formula is C20H23N3O3. The predicted octanol–water partition coefficient (Wildman–Crippen LogP) is 4.28. The molecule has 3 rings (SSSR count). The third-order valence-corrected chi connectivity index (χ3v) is 4.30. The molecule has 1 amide bonds. The number of amides is 1. The number of hydrogen-bond donors (Lipinski definition) is 1. The summed E-state index contributed by atoms with van der Waals surface area (Å²) in [7, 11) is 1.82. The minimum absolute atomic E-state index is 0.238. The Hall–Kier alpha value is -3.02. The van der Waals surface area contributed by atoms with Gasteiger partial charge in [0.1, 0.15) is 18.1 Å². The van der Waals surface area contributed by atoms with Gasteiger partial charge in [-0.05, 0) is 42.7 Å². The molecule has 0 aliphatic heterocycles. The molecule has 0 saturated heterocycles. The topological polar surface area (TPSA) is 69.3 Å². The highest BCUT2D eigenvalue weighted by molar-refractivity contribution is 6.02. The van der Waals surface area contributed by atoms with Gasteiger partial charge < -0.3 is 14.5 Å². The predicted molar refractivity (Wildman–Crippen MR) is 99.5 cm³/mol. The van der Waals surface area contributed by atoms with Crippen LogP contribution in [0.5, 0.6) is 5.75 Å². The Morgan fingerprint density at radius 2 is 1.96 bits per heavy atom. The van der Waals surface area contributed by atoms with Gasteiger partial charge in [-0.1, -0.05) is 26.0 Å². The van der Waals surface area contributed by atoms with Crippen molar-refractivity contribution in [3.05, 3.63) is 65.4 Å². The number of aromatic nitrogens is 2. The molecule has 2 heterocycles. The standard InChI is InChI=1S/C20H23N3O3/c1-13(2)15-5-7-16(8-6-15)25-12-17-9-10-19(26-17)20(24)22-18-11-21-23(4)14(18)3/h5-11,13H,12H2,1-4H3,(H,22,24). The molecule has 0 unspecified atom stereocenters. The summed E-state index contributed by atoms with van der Waals surface area (Å²) in [5.41, 5.74) is 2.80. The molecule has 0 saturated carbocycles. The first kappa shape index (κ1) is 17.8. The first-order valence-corrected chi connectivity index (χ1v) is 8.55. The number of ether oxygens (including phenoxy) is 1. The zero-order valence-corrected chi connectivity index (χ0v) is 15.4. The van der Waals surface area contributed by atoms with Gasteiger partial charge in [0, 0.05) is 7.05 Å². The van der Waals surface area contributed by atoms with Crippen molar-refractivity contribution in [2.45, 2.75) is 33.3 Å². The molecule has 6 heteroatoms. The van der Waals surface area contributed by atoms with E-state index in [9.17, 15) is 4.79 Å². The molecule has 0 spiro atoms. The van der Waals surface area contributed by atoms with E-state index in [-0.39, 0.29) is 18.3 Å². The molecule has 0 radical (unpaired) electrons. The van der Waals surface area contributed by atoms with Crippen LogP contribution in [0.2, 0.25) is 0 Å². The van der Waals surface area contributed by atoms with Crippen LogP contribution in [-0.2, 0) is 13.7 Å². The van der Waals surface area contributed by atoms with Crippen molar-refractivity contribution in [1.29, 1.82) is 0 Å². The Labute approximate surface area is 152 Å². The maximum Gasteiger partial charge on any atom is 0.291 e. The Kier molecular flexibility index (Phi) is 5.11. The fraction of sp³-hybridized carbons (Fsp3) is 0.300. The molecule has 0 aliphatic carbocycles. The van der Waals surface area contributed by atoms with Gasteiger partial charge in [-0.2, -0.15) is 5.10 Å². The second kappa shape index (κ2) is 7.47. The van der Waals surface area contributed by atoms with Crippen LogP contribution in [-0.4, -0.2) is 15.7 Å². The highest BCUT2D eigenvalue weighted by Crippen LogP contribution is 2.20. The van der Waals surface area contributed by atoms with Gasteiger partial charge in [0.25, 0.3) is 5.91 Å². The maximum absolute atomic E-state index is 12.3. The van der Waals surface area contributed by atoms with E-state index in [2.05, 4.69) is 36.4 Å². The smallest absolute Gasteiger partial charge is 0.291 e. The lowest BCUT2D eigenvalue weighted by molar-refractivity contribution is 0.0992. The van der Waals surface area contributed by atoms with Crippen molar-refractivity contribution in [1.82, 2.24) is 9.78 Å². The first-order valence-electron chi connectivity index (χ1n) is 8.55. The first-order chi connectivity index (χ1) is 12.4. The number of carbonyl (C=O) groups excluding carboxylic acids is 1. The number of nitrogens with one attached hydrogen (secondary N) is 1. The number of carbonyl (C=O) groups is 1. The molecule has 0 fully saturated rings. The van der Waals surface area contributed by atoms with E-state index in [0.29, 0.717) is 17.4 Å². The van der Waals surface area contributed by atoms with Crippen molar-refractivity contribution in [3.63, 3.8) is 0 Å². The SMILES string of the molecule is Cc1c(NC(=O)c2ccc(COc3ccc(C(C)C)cc3)o2)cnn1C. The number of anilines is 1. The average molecular weight is 353 g/mol. The van der Waals surface area contributed by atoms with Crippen molar-refractivity contribution in [2.75, 3.05) is 5.32 Å². The van der Waals surface area contributed by atoms with Gasteiger partial charge in [0.15, 0.2) is 5.76 Å². The Morgan fingerprint density at radius 1 is 1.23 bits per heavy atom. The maximum atomic E-state index is 12.3. The molecule has 1 N–H and O–H groups in total. The lowest BCUT2D eigenvalue weighted by Gasteiger charge is -2.08. The van der Waals surface area contributed by atoms with Crippen molar-refractivity contribution in [2.24, 2.45) is 7.05 Å². The summed E-state index contributed by atoms with van der Waals surface area (Å²) in [6.07, 6.45) is 1.61. The summed E-state index contributed by atoms with van der Waals surface area (Å²) in [6.45, 7) is 6.45. The van der Waals surface area contributed by atoms with E-state index in [1.807, 2.05) is 26.1 Å². The van der Waals surface area contributed by atoms with E-state index in [1.165, 1.54) is 5.56 Å². The van der Waals surface area contributed by atoms with Crippen molar-refractivity contribution < 1.29 is 13.9 Å². The van der Waals surface area contributed by atoms with E-state index < -0.39 is 0 Å². The van der Waals surface area contributed by atoms with Crippen LogP contribution in [0.3, 0.4) is 0 Å². The quantitative estimate of drug-likeness (QED) is 0.718. The van der Waals surface area contributed by atoms with Crippen LogP contribution in [0, 0.1) is 6.92 Å². The lowest BCUT2D eigenvalue weighted by Crippen LogP contribution is -2.11. The summed E-state index contributed by atoms with van der Waals surface area (Å²) < 4.78 is 13.0. The Balaban J connectivity index is 1.59. The summed E-state index contributed by atoms with van der Waals surface area (Å²) in [5, 5.41) is 6.89. The van der Waals surface area contributed by atoms with Gasteiger partial charge in [-0.3, -0.25) is 9.48 Å². The zero-order valence-electron chi connectivity index (χ0n) is 15.4. The van der Waals surface area contributed by atoms with E-state index in [0.717, 1.165) is 11.4 Å². The molecule has 0 atom stereocenters. The summed E-state index contributed by atoms with van der Waals surface area (Å²) >= 11 is 0. The minimum Gasteiger partial charge on any atom is -0.486 e. The molecule has 0 aliphatic rings. The minimum atomic E-state index is -0.311. The number of furan rings is 1. The van der Waals surface area contributed by atoms with Crippen LogP contribution >= 0.6 is 0 Å². The van der Waals surface area contributed by atoms with Crippen LogP contribution in [0.1, 0.15) is 47.3 Å². The van der Waals surface area contributed by atoms with Crippen molar-refractivity contribution in [3.8, 4) is 5.75 Å². The molecule has 26 heavy (non-hydrogen) atoms. The van der Waals surface area contributed by atoms with Gasteiger partial charge in [0.05, 0.1) is 17.6 Å². The van der Waals surface area contributed by atoms with Gasteiger partial charge >= 0.3 is 0 Å². The molecule has 3 aromatic rings. The van der Waals surface area contributed by atoms with Gasteiger partial charge in [0.2, 0.25) is 0 Å². The van der Waals surface area contributed by atoms with E-state index in [1.54, 1.807) is 23.0 Å². The zero-order chi connectivity index (χ0) is 18.7. The molecule has 2 aromatic heterocycles. The number of hydrogen-bond acceptors (Lipinski definition) is 4. The highest BCUT2D eigenvalue weighted by Gasteiger charge is 2.14. The largest absolute Gasteiger partial charge is 0.486 e. The molecule has 6 nitrogen and oxygen atoms in total. The molecule has 1 aromatic carbocycles. The van der Waals surface area contributed by atoms with E-state index in [4.69, 9.17) is 9.15 Å². The number of rotatable bonds is 6. The second-order valence-corrected chi connectivity index (χ2v) is 6.50.